The van der Waals surface area contributed by atoms with Gasteiger partial charge in [-0.1, -0.05) is 0 Å². The molecule has 0 saturated carbocycles. The van der Waals surface area contributed by atoms with E-state index in [1.165, 1.54) is 6.07 Å². The Morgan fingerprint density at radius 2 is 2.17 bits per heavy atom. The van der Waals surface area contributed by atoms with Gasteiger partial charge >= 0.3 is 0 Å². The van der Waals surface area contributed by atoms with E-state index >= 15 is 0 Å². The lowest BCUT2D eigenvalue weighted by molar-refractivity contribution is 0.414. The van der Waals surface area contributed by atoms with Gasteiger partial charge in [0.05, 0.1) is 25.0 Å². The third-order valence-corrected chi connectivity index (χ3v) is 2.47. The Balaban J connectivity index is 2.10. The zero-order valence-corrected chi connectivity index (χ0v) is 10.3. The molecule has 0 saturated heterocycles. The van der Waals surface area contributed by atoms with Gasteiger partial charge in [0.15, 0.2) is 0 Å². The van der Waals surface area contributed by atoms with Crippen LogP contribution in [0.5, 0.6) is 5.75 Å². The number of hydrogen-bond acceptors (Lipinski definition) is 4. The Kier molecular flexibility index (Phi) is 3.72. The van der Waals surface area contributed by atoms with Crippen molar-refractivity contribution < 1.29 is 9.13 Å². The molecule has 0 fully saturated rings. The van der Waals surface area contributed by atoms with Crippen LogP contribution in [0.15, 0.2) is 30.5 Å². The van der Waals surface area contributed by atoms with Crippen molar-refractivity contribution in [2.45, 2.75) is 13.5 Å². The van der Waals surface area contributed by atoms with E-state index in [1.807, 2.05) is 6.92 Å². The van der Waals surface area contributed by atoms with Crippen molar-refractivity contribution in [3.8, 4) is 5.75 Å². The number of benzene rings is 1. The molecule has 0 bridgehead atoms. The van der Waals surface area contributed by atoms with E-state index in [1.54, 1.807) is 31.5 Å². The molecular weight excluding hydrogens is 233 g/mol. The number of aromatic nitrogens is 2. The van der Waals surface area contributed by atoms with E-state index in [2.05, 4.69) is 15.3 Å². The first-order chi connectivity index (χ1) is 8.69. The first-order valence-electron chi connectivity index (χ1n) is 5.55. The fourth-order valence-electron chi connectivity index (χ4n) is 1.56. The second-order valence-electron chi connectivity index (χ2n) is 3.79. The third kappa shape index (κ3) is 2.94. The number of nitrogens with zero attached hydrogens (tertiary/aromatic N) is 2. The first-order valence-corrected chi connectivity index (χ1v) is 5.55. The van der Waals surface area contributed by atoms with Crippen molar-refractivity contribution in [1.29, 1.82) is 0 Å². The van der Waals surface area contributed by atoms with Crippen molar-refractivity contribution in [3.05, 3.63) is 47.8 Å². The fraction of sp³-hybridized carbons (Fsp3) is 0.231. The molecule has 1 N–H and O–H groups in total. The van der Waals surface area contributed by atoms with Crippen LogP contribution < -0.4 is 10.1 Å². The van der Waals surface area contributed by atoms with Crippen LogP contribution in [-0.2, 0) is 6.54 Å². The minimum Gasteiger partial charge on any atom is -0.497 e. The predicted octanol–water partition coefficient (Wildman–Crippen LogP) is 2.54. The predicted molar refractivity (Wildman–Crippen MR) is 67.0 cm³/mol. The SMILES string of the molecule is COc1ccc(F)c(NCc2ccnc(C)n2)c1. The molecule has 1 aromatic heterocycles. The average Bonchev–Trinajstić information content (AvgIpc) is 2.38. The first kappa shape index (κ1) is 12.3. The Hall–Kier alpha value is -2.17. The molecule has 4 nitrogen and oxygen atoms in total. The summed E-state index contributed by atoms with van der Waals surface area (Å²) >= 11 is 0. The quantitative estimate of drug-likeness (QED) is 0.902. The zero-order chi connectivity index (χ0) is 13.0. The van der Waals surface area contributed by atoms with E-state index in [9.17, 15) is 4.39 Å². The second-order valence-corrected chi connectivity index (χ2v) is 3.79. The van der Waals surface area contributed by atoms with Crippen LogP contribution in [0.3, 0.4) is 0 Å². The Morgan fingerprint density at radius 3 is 2.89 bits per heavy atom. The lowest BCUT2D eigenvalue weighted by Crippen LogP contribution is -2.04. The van der Waals surface area contributed by atoms with Gasteiger partial charge in [0, 0.05) is 12.3 Å². The number of hydrogen-bond donors (Lipinski definition) is 1. The van der Waals surface area contributed by atoms with Crippen LogP contribution in [-0.4, -0.2) is 17.1 Å². The van der Waals surface area contributed by atoms with Gasteiger partial charge in [0.2, 0.25) is 0 Å². The standard InChI is InChI=1S/C13H14FN3O/c1-9-15-6-5-10(17-9)8-16-13-7-11(18-2)3-4-12(13)14/h3-7,16H,8H2,1-2H3. The number of methoxy groups -OCH3 is 1. The van der Waals surface area contributed by atoms with Gasteiger partial charge in [-0.05, 0) is 25.1 Å². The maximum absolute atomic E-state index is 13.5. The Bertz CT molecular complexity index is 546. The molecule has 0 unspecified atom stereocenters. The van der Waals surface area contributed by atoms with Gasteiger partial charge in [-0.2, -0.15) is 0 Å². The Labute approximate surface area is 105 Å². The van der Waals surface area contributed by atoms with Crippen LogP contribution >= 0.6 is 0 Å². The lowest BCUT2D eigenvalue weighted by atomic mass is 10.2. The molecule has 0 aliphatic rings. The molecule has 2 aromatic rings. The number of nitrogens with one attached hydrogen (secondary N) is 1. The van der Waals surface area contributed by atoms with E-state index in [4.69, 9.17) is 4.74 Å². The molecule has 94 valence electrons. The highest BCUT2D eigenvalue weighted by atomic mass is 19.1. The van der Waals surface area contributed by atoms with Crippen molar-refractivity contribution >= 4 is 5.69 Å². The molecule has 5 heteroatoms. The summed E-state index contributed by atoms with van der Waals surface area (Å²) in [5.74, 6) is 0.986. The molecule has 0 aliphatic carbocycles. The maximum Gasteiger partial charge on any atom is 0.146 e. The average molecular weight is 247 g/mol. The smallest absolute Gasteiger partial charge is 0.146 e. The highest BCUT2D eigenvalue weighted by Crippen LogP contribution is 2.21. The normalized spacial score (nSPS) is 10.2. The highest BCUT2D eigenvalue weighted by Gasteiger charge is 2.04. The summed E-state index contributed by atoms with van der Waals surface area (Å²) in [5, 5.41) is 2.99. The van der Waals surface area contributed by atoms with Gasteiger partial charge in [-0.25, -0.2) is 14.4 Å². The molecular formula is C13H14FN3O. The number of anilines is 1. The third-order valence-electron chi connectivity index (χ3n) is 2.47. The summed E-state index contributed by atoms with van der Waals surface area (Å²) < 4.78 is 18.6. The highest BCUT2D eigenvalue weighted by molar-refractivity contribution is 5.49. The van der Waals surface area contributed by atoms with Gasteiger partial charge in [-0.3, -0.25) is 0 Å². The summed E-state index contributed by atoms with van der Waals surface area (Å²) in [6.45, 7) is 2.25. The Morgan fingerprint density at radius 1 is 1.33 bits per heavy atom. The van der Waals surface area contributed by atoms with Crippen molar-refractivity contribution in [3.63, 3.8) is 0 Å². The molecule has 0 amide bonds. The van der Waals surface area contributed by atoms with Gasteiger partial charge in [0.25, 0.3) is 0 Å². The molecule has 0 atom stereocenters. The molecule has 2 rings (SSSR count). The van der Waals surface area contributed by atoms with Gasteiger partial charge in [-0.15, -0.1) is 0 Å². The van der Waals surface area contributed by atoms with Gasteiger partial charge in [0.1, 0.15) is 17.4 Å². The number of ether oxygens (including phenoxy) is 1. The molecule has 0 spiro atoms. The summed E-state index contributed by atoms with van der Waals surface area (Å²) in [6, 6.07) is 6.35. The van der Waals surface area contributed by atoms with E-state index < -0.39 is 0 Å². The number of halogens is 1. The van der Waals surface area contributed by atoms with E-state index in [-0.39, 0.29) is 5.82 Å². The zero-order valence-electron chi connectivity index (χ0n) is 10.3. The lowest BCUT2D eigenvalue weighted by Gasteiger charge is -2.09. The number of rotatable bonds is 4. The van der Waals surface area contributed by atoms with Crippen LogP contribution in [0.1, 0.15) is 11.5 Å². The molecule has 1 aromatic carbocycles. The minimum atomic E-state index is -0.318. The summed E-state index contributed by atoms with van der Waals surface area (Å²) in [6.07, 6.45) is 1.68. The van der Waals surface area contributed by atoms with E-state index in [0.29, 0.717) is 23.8 Å². The van der Waals surface area contributed by atoms with Gasteiger partial charge < -0.3 is 10.1 Å². The largest absolute Gasteiger partial charge is 0.497 e. The van der Waals surface area contributed by atoms with Crippen LogP contribution in [0.25, 0.3) is 0 Å². The molecule has 0 radical (unpaired) electrons. The summed E-state index contributed by atoms with van der Waals surface area (Å²) in [5.41, 5.74) is 1.20. The molecule has 18 heavy (non-hydrogen) atoms. The van der Waals surface area contributed by atoms with Crippen LogP contribution in [0.2, 0.25) is 0 Å². The van der Waals surface area contributed by atoms with E-state index in [0.717, 1.165) is 5.69 Å². The summed E-state index contributed by atoms with van der Waals surface area (Å²) in [4.78, 5) is 8.24. The molecule has 1 heterocycles. The topological polar surface area (TPSA) is 47.0 Å². The maximum atomic E-state index is 13.5. The van der Waals surface area contributed by atoms with Crippen molar-refractivity contribution in [2.75, 3.05) is 12.4 Å². The van der Waals surface area contributed by atoms with Crippen molar-refractivity contribution in [1.82, 2.24) is 9.97 Å². The van der Waals surface area contributed by atoms with Crippen LogP contribution in [0.4, 0.5) is 10.1 Å². The van der Waals surface area contributed by atoms with Crippen LogP contribution in [0, 0.1) is 12.7 Å². The minimum absolute atomic E-state index is 0.318. The monoisotopic (exact) mass is 247 g/mol. The second kappa shape index (κ2) is 5.44. The van der Waals surface area contributed by atoms with Crippen molar-refractivity contribution in [2.24, 2.45) is 0 Å². The number of aryl methyl sites for hydroxylation is 1. The summed E-state index contributed by atoms with van der Waals surface area (Å²) in [7, 11) is 1.55. The fourth-order valence-corrected chi connectivity index (χ4v) is 1.56. The molecule has 0 aliphatic heterocycles.